The van der Waals surface area contributed by atoms with Crippen LogP contribution in [0, 0.1) is 19.8 Å². The number of rotatable bonds is 5. The predicted octanol–water partition coefficient (Wildman–Crippen LogP) is 2.26. The molecule has 0 aromatic carbocycles. The number of anilines is 1. The van der Waals surface area contributed by atoms with Crippen molar-refractivity contribution < 1.29 is 14.3 Å². The first kappa shape index (κ1) is 22.9. The summed E-state index contributed by atoms with van der Waals surface area (Å²) in [5.41, 5.74) is 1.93. The van der Waals surface area contributed by atoms with E-state index in [1.807, 2.05) is 31.7 Å². The number of hydrogen-bond donors (Lipinski definition) is 1. The number of nitrogens with zero attached hydrogens (tertiary/aromatic N) is 4. The molecular formula is C24H31N5O4. The molecule has 0 radical (unpaired) electrons. The standard InChI is InChI=1S/C24H31N5O4/c1-14-10-19(26-15(2)20(14)23(32)33-5)28-8-9-29(24(3,4)13-28)22(31)18-12-25-21(30)17(27-18)11-16-6-7-16/h10,12,16H,6-9,11,13H2,1-5H3,(H,25,30). The number of H-pyrrole nitrogens is 1. The van der Waals surface area contributed by atoms with E-state index in [9.17, 15) is 14.4 Å². The average Bonchev–Trinajstić information content (AvgIpc) is 3.57. The fraction of sp³-hybridized carbons (Fsp3) is 0.542. The average molecular weight is 454 g/mol. The SMILES string of the molecule is COC(=O)c1c(C)cc(N2CCN(C(=O)c3c[nH]c(=O)c(CC4CC4)n3)C(C)(C)C2)nc1C. The van der Waals surface area contributed by atoms with Gasteiger partial charge in [0, 0.05) is 25.8 Å². The molecule has 1 N–H and O–H groups in total. The molecule has 0 spiro atoms. The summed E-state index contributed by atoms with van der Waals surface area (Å²) in [5.74, 6) is 0.698. The molecule has 2 fully saturated rings. The van der Waals surface area contributed by atoms with Gasteiger partial charge in [0.05, 0.1) is 23.9 Å². The lowest BCUT2D eigenvalue weighted by Crippen LogP contribution is -2.61. The molecule has 176 valence electrons. The molecule has 1 amide bonds. The Labute approximate surface area is 193 Å². The first-order valence-corrected chi connectivity index (χ1v) is 11.3. The normalized spacial score (nSPS) is 17.7. The van der Waals surface area contributed by atoms with Crippen LogP contribution in [0.15, 0.2) is 17.1 Å². The van der Waals surface area contributed by atoms with Gasteiger partial charge >= 0.3 is 5.97 Å². The third-order valence-corrected chi connectivity index (χ3v) is 6.50. The van der Waals surface area contributed by atoms with Gasteiger partial charge in [-0.25, -0.2) is 14.8 Å². The fourth-order valence-electron chi connectivity index (χ4n) is 4.54. The molecule has 4 rings (SSSR count). The number of pyridine rings is 1. The summed E-state index contributed by atoms with van der Waals surface area (Å²) in [5, 5.41) is 0. The van der Waals surface area contributed by atoms with Crippen LogP contribution in [0.25, 0.3) is 0 Å². The van der Waals surface area contributed by atoms with Crippen molar-refractivity contribution in [1.82, 2.24) is 19.9 Å². The second-order valence-corrected chi connectivity index (χ2v) is 9.65. The van der Waals surface area contributed by atoms with E-state index in [0.717, 1.165) is 24.2 Å². The minimum atomic E-state index is -0.492. The van der Waals surface area contributed by atoms with E-state index in [-0.39, 0.29) is 17.2 Å². The van der Waals surface area contributed by atoms with Crippen LogP contribution in [0.4, 0.5) is 5.82 Å². The zero-order valence-electron chi connectivity index (χ0n) is 19.9. The van der Waals surface area contributed by atoms with Crippen LogP contribution in [0.5, 0.6) is 0 Å². The predicted molar refractivity (Wildman–Crippen MR) is 124 cm³/mol. The molecule has 3 heterocycles. The number of hydrogen-bond acceptors (Lipinski definition) is 7. The summed E-state index contributed by atoms with van der Waals surface area (Å²) in [4.78, 5) is 53.2. The van der Waals surface area contributed by atoms with E-state index >= 15 is 0 Å². The number of esters is 1. The molecule has 33 heavy (non-hydrogen) atoms. The molecule has 9 heteroatoms. The van der Waals surface area contributed by atoms with Crippen LogP contribution in [0.1, 0.15) is 64.5 Å². The maximum Gasteiger partial charge on any atom is 0.339 e. The lowest BCUT2D eigenvalue weighted by atomic mass is 9.97. The lowest BCUT2D eigenvalue weighted by Gasteiger charge is -2.47. The Kier molecular flexibility index (Phi) is 5.99. The molecule has 1 saturated heterocycles. The van der Waals surface area contributed by atoms with Gasteiger partial charge < -0.3 is 19.5 Å². The van der Waals surface area contributed by atoms with Gasteiger partial charge in [0.25, 0.3) is 11.5 Å². The molecule has 1 aliphatic heterocycles. The molecular weight excluding hydrogens is 422 g/mol. The highest BCUT2D eigenvalue weighted by molar-refractivity contribution is 5.93. The third-order valence-electron chi connectivity index (χ3n) is 6.50. The van der Waals surface area contributed by atoms with Crippen molar-refractivity contribution in [1.29, 1.82) is 0 Å². The van der Waals surface area contributed by atoms with E-state index in [0.29, 0.717) is 48.9 Å². The number of aromatic amines is 1. The summed E-state index contributed by atoms with van der Waals surface area (Å²) < 4.78 is 4.87. The first-order chi connectivity index (χ1) is 15.6. The topological polar surface area (TPSA) is 108 Å². The van der Waals surface area contributed by atoms with Gasteiger partial charge in [0.15, 0.2) is 0 Å². The van der Waals surface area contributed by atoms with Crippen molar-refractivity contribution in [3.63, 3.8) is 0 Å². The Morgan fingerprint density at radius 1 is 1.21 bits per heavy atom. The summed E-state index contributed by atoms with van der Waals surface area (Å²) in [6.07, 6.45) is 4.27. The van der Waals surface area contributed by atoms with Crippen LogP contribution in [0.2, 0.25) is 0 Å². The minimum absolute atomic E-state index is 0.186. The van der Waals surface area contributed by atoms with Crippen LogP contribution in [0.3, 0.4) is 0 Å². The van der Waals surface area contributed by atoms with Crippen LogP contribution in [-0.2, 0) is 11.2 Å². The van der Waals surface area contributed by atoms with Gasteiger partial charge in [-0.1, -0.05) is 0 Å². The highest BCUT2D eigenvalue weighted by atomic mass is 16.5. The van der Waals surface area contributed by atoms with E-state index in [4.69, 9.17) is 4.74 Å². The van der Waals surface area contributed by atoms with Gasteiger partial charge in [0.2, 0.25) is 0 Å². The van der Waals surface area contributed by atoms with E-state index in [1.54, 1.807) is 6.92 Å². The molecule has 2 aromatic heterocycles. The maximum atomic E-state index is 13.3. The largest absolute Gasteiger partial charge is 0.465 e. The van der Waals surface area contributed by atoms with Gasteiger partial charge in [-0.15, -0.1) is 0 Å². The maximum absolute atomic E-state index is 13.3. The smallest absolute Gasteiger partial charge is 0.339 e. The van der Waals surface area contributed by atoms with Crippen molar-refractivity contribution in [2.24, 2.45) is 5.92 Å². The zero-order chi connectivity index (χ0) is 23.9. The Morgan fingerprint density at radius 3 is 2.55 bits per heavy atom. The minimum Gasteiger partial charge on any atom is -0.465 e. The number of piperazine rings is 1. The van der Waals surface area contributed by atoms with Crippen molar-refractivity contribution in [2.45, 2.75) is 52.5 Å². The summed E-state index contributed by atoms with van der Waals surface area (Å²) in [7, 11) is 1.36. The van der Waals surface area contributed by atoms with Crippen molar-refractivity contribution in [2.75, 3.05) is 31.6 Å². The number of aromatic nitrogens is 3. The highest BCUT2D eigenvalue weighted by Crippen LogP contribution is 2.31. The van der Waals surface area contributed by atoms with Crippen molar-refractivity contribution >= 4 is 17.7 Å². The molecule has 2 aromatic rings. The van der Waals surface area contributed by atoms with Gasteiger partial charge in [-0.05, 0) is 64.5 Å². The Bertz CT molecular complexity index is 1130. The van der Waals surface area contributed by atoms with E-state index in [1.165, 1.54) is 13.3 Å². The third kappa shape index (κ3) is 4.62. The summed E-state index contributed by atoms with van der Waals surface area (Å²) in [6, 6.07) is 1.89. The van der Waals surface area contributed by atoms with Gasteiger partial charge in [0.1, 0.15) is 17.2 Å². The van der Waals surface area contributed by atoms with Crippen molar-refractivity contribution in [3.8, 4) is 0 Å². The number of methoxy groups -OCH3 is 1. The number of aryl methyl sites for hydroxylation is 2. The van der Waals surface area contributed by atoms with E-state index < -0.39 is 11.5 Å². The second-order valence-electron chi connectivity index (χ2n) is 9.65. The Balaban J connectivity index is 1.53. The Morgan fingerprint density at radius 2 is 1.94 bits per heavy atom. The highest BCUT2D eigenvalue weighted by Gasteiger charge is 2.38. The summed E-state index contributed by atoms with van der Waals surface area (Å²) in [6.45, 7) is 9.35. The Hall–Kier alpha value is -3.23. The molecule has 0 bridgehead atoms. The zero-order valence-corrected chi connectivity index (χ0v) is 19.9. The molecule has 0 atom stereocenters. The second kappa shape index (κ2) is 8.61. The van der Waals surface area contributed by atoms with E-state index in [2.05, 4.69) is 19.9 Å². The monoisotopic (exact) mass is 453 g/mol. The molecule has 0 unspecified atom stereocenters. The summed E-state index contributed by atoms with van der Waals surface area (Å²) >= 11 is 0. The van der Waals surface area contributed by atoms with Crippen LogP contribution >= 0.6 is 0 Å². The number of carbonyl (C=O) groups is 2. The lowest BCUT2D eigenvalue weighted by molar-refractivity contribution is 0.0505. The number of amides is 1. The van der Waals surface area contributed by atoms with Gasteiger partial charge in [-0.2, -0.15) is 0 Å². The fourth-order valence-corrected chi connectivity index (χ4v) is 4.54. The number of ether oxygens (including phenoxy) is 1. The van der Waals surface area contributed by atoms with Gasteiger partial charge in [-0.3, -0.25) is 9.59 Å². The molecule has 9 nitrogen and oxygen atoms in total. The number of carbonyl (C=O) groups excluding carboxylic acids is 2. The molecule has 1 saturated carbocycles. The van der Waals surface area contributed by atoms with Crippen molar-refractivity contribution in [3.05, 3.63) is 50.8 Å². The first-order valence-electron chi connectivity index (χ1n) is 11.3. The molecule has 2 aliphatic rings. The quantitative estimate of drug-likeness (QED) is 0.692. The van der Waals surface area contributed by atoms with Crippen LogP contribution in [-0.4, -0.2) is 64.0 Å². The molecule has 1 aliphatic carbocycles. The number of nitrogens with one attached hydrogen (secondary N) is 1. The van der Waals surface area contributed by atoms with Crippen LogP contribution < -0.4 is 10.5 Å².